The average molecular weight is 375 g/mol. The van der Waals surface area contributed by atoms with Gasteiger partial charge in [0.1, 0.15) is 5.82 Å². The summed E-state index contributed by atoms with van der Waals surface area (Å²) in [4.78, 5) is 24.2. The summed E-state index contributed by atoms with van der Waals surface area (Å²) in [6.07, 6.45) is 1.59. The van der Waals surface area contributed by atoms with Gasteiger partial charge in [-0.2, -0.15) is 0 Å². The highest BCUT2D eigenvalue weighted by atomic mass is 19.1. The Labute approximate surface area is 161 Å². The molecule has 0 fully saturated rings. The molecular weight excluding hydrogens is 357 g/mol. The van der Waals surface area contributed by atoms with E-state index in [1.54, 1.807) is 54.6 Å². The number of nitrogens with two attached hydrogens (primary N) is 2. The Balaban J connectivity index is 1.81. The van der Waals surface area contributed by atoms with E-state index < -0.39 is 11.7 Å². The molecule has 6 heteroatoms. The summed E-state index contributed by atoms with van der Waals surface area (Å²) in [5, 5.41) is 2.75. The van der Waals surface area contributed by atoms with Crippen LogP contribution >= 0.6 is 0 Å². The lowest BCUT2D eigenvalue weighted by atomic mass is 10.0. The SMILES string of the molecule is NC(=O)/C(=C/c1ccc(C(=O)Nc2ccccc2N)cc1)c1ccc(F)cc1. The summed E-state index contributed by atoms with van der Waals surface area (Å²) in [6.45, 7) is 0. The Morgan fingerprint density at radius 1 is 0.857 bits per heavy atom. The minimum absolute atomic E-state index is 0.245. The van der Waals surface area contributed by atoms with Crippen LogP contribution in [0.3, 0.4) is 0 Å². The van der Waals surface area contributed by atoms with E-state index in [0.29, 0.717) is 28.1 Å². The highest BCUT2D eigenvalue weighted by Gasteiger charge is 2.10. The van der Waals surface area contributed by atoms with Crippen molar-refractivity contribution in [1.29, 1.82) is 0 Å². The number of halogens is 1. The molecule has 3 rings (SSSR count). The summed E-state index contributed by atoms with van der Waals surface area (Å²) in [7, 11) is 0. The lowest BCUT2D eigenvalue weighted by Crippen LogP contribution is -2.13. The van der Waals surface area contributed by atoms with Gasteiger partial charge in [-0.1, -0.05) is 36.4 Å². The topological polar surface area (TPSA) is 98.2 Å². The van der Waals surface area contributed by atoms with Crippen LogP contribution in [0.4, 0.5) is 15.8 Å². The Hall–Kier alpha value is -3.93. The van der Waals surface area contributed by atoms with Crippen molar-refractivity contribution in [3.05, 3.63) is 95.3 Å². The van der Waals surface area contributed by atoms with Gasteiger partial charge in [-0.25, -0.2) is 4.39 Å². The average Bonchev–Trinajstić information content (AvgIpc) is 2.69. The van der Waals surface area contributed by atoms with Crippen molar-refractivity contribution >= 4 is 34.8 Å². The van der Waals surface area contributed by atoms with E-state index in [4.69, 9.17) is 11.5 Å². The maximum atomic E-state index is 13.1. The summed E-state index contributed by atoms with van der Waals surface area (Å²) in [5.74, 6) is -1.34. The highest BCUT2D eigenvalue weighted by Crippen LogP contribution is 2.20. The second-order valence-corrected chi connectivity index (χ2v) is 6.09. The van der Waals surface area contributed by atoms with E-state index in [9.17, 15) is 14.0 Å². The molecule has 0 aliphatic heterocycles. The van der Waals surface area contributed by atoms with Crippen LogP contribution in [0.5, 0.6) is 0 Å². The molecule has 0 aromatic heterocycles. The number of amides is 2. The predicted octanol–water partition coefficient (Wildman–Crippen LogP) is 3.69. The number of anilines is 2. The van der Waals surface area contributed by atoms with Crippen LogP contribution < -0.4 is 16.8 Å². The number of hydrogen-bond acceptors (Lipinski definition) is 3. The van der Waals surface area contributed by atoms with E-state index in [1.165, 1.54) is 24.3 Å². The monoisotopic (exact) mass is 375 g/mol. The molecule has 3 aromatic rings. The number of nitrogens with one attached hydrogen (secondary N) is 1. The third-order valence-corrected chi connectivity index (χ3v) is 4.11. The number of carbonyl (C=O) groups is 2. The molecule has 0 saturated carbocycles. The molecule has 0 spiro atoms. The maximum Gasteiger partial charge on any atom is 0.255 e. The molecule has 0 bridgehead atoms. The third-order valence-electron chi connectivity index (χ3n) is 4.11. The van der Waals surface area contributed by atoms with Crippen LogP contribution in [-0.2, 0) is 4.79 Å². The molecule has 2 amide bonds. The Morgan fingerprint density at radius 3 is 2.07 bits per heavy atom. The van der Waals surface area contributed by atoms with Crippen LogP contribution in [0.25, 0.3) is 11.6 Å². The standard InChI is InChI=1S/C22H18FN3O2/c23-17-11-9-15(10-12-17)18(21(25)27)13-14-5-7-16(8-6-14)22(28)26-20-4-2-1-3-19(20)24/h1-13H,24H2,(H2,25,27)(H,26,28)/b18-13+. The normalized spacial score (nSPS) is 11.1. The number of hydrogen-bond donors (Lipinski definition) is 3. The van der Waals surface area contributed by atoms with E-state index in [2.05, 4.69) is 5.32 Å². The van der Waals surface area contributed by atoms with Crippen molar-refractivity contribution in [3.8, 4) is 0 Å². The number of benzene rings is 3. The van der Waals surface area contributed by atoms with Gasteiger partial charge in [-0.3, -0.25) is 9.59 Å². The number of primary amides is 1. The van der Waals surface area contributed by atoms with Gasteiger partial charge in [0.05, 0.1) is 11.4 Å². The van der Waals surface area contributed by atoms with Crippen LogP contribution in [0.1, 0.15) is 21.5 Å². The van der Waals surface area contributed by atoms with Gasteiger partial charge in [0, 0.05) is 11.1 Å². The predicted molar refractivity (Wildman–Crippen MR) is 109 cm³/mol. The molecular formula is C22H18FN3O2. The summed E-state index contributed by atoms with van der Waals surface area (Å²) < 4.78 is 13.1. The quantitative estimate of drug-likeness (QED) is 0.360. The number of carbonyl (C=O) groups excluding carboxylic acids is 2. The first-order chi connectivity index (χ1) is 13.4. The first-order valence-electron chi connectivity index (χ1n) is 8.47. The van der Waals surface area contributed by atoms with Gasteiger partial charge >= 0.3 is 0 Å². The minimum atomic E-state index is -0.631. The Morgan fingerprint density at radius 2 is 1.46 bits per heavy atom. The van der Waals surface area contributed by atoms with E-state index in [1.807, 2.05) is 0 Å². The molecule has 0 unspecified atom stereocenters. The fraction of sp³-hybridized carbons (Fsp3) is 0. The maximum absolute atomic E-state index is 13.1. The molecule has 0 heterocycles. The molecule has 0 atom stereocenters. The van der Waals surface area contributed by atoms with E-state index in [0.717, 1.165) is 0 Å². The number of rotatable bonds is 5. The highest BCUT2D eigenvalue weighted by molar-refractivity contribution is 6.23. The van der Waals surface area contributed by atoms with Crippen LogP contribution in [0.2, 0.25) is 0 Å². The zero-order valence-electron chi connectivity index (χ0n) is 14.9. The smallest absolute Gasteiger partial charge is 0.255 e. The number of nitrogen functional groups attached to an aromatic ring is 1. The van der Waals surface area contributed by atoms with Crippen LogP contribution in [0, 0.1) is 5.82 Å². The van der Waals surface area contributed by atoms with Crippen molar-refractivity contribution in [3.63, 3.8) is 0 Å². The first-order valence-corrected chi connectivity index (χ1v) is 8.47. The molecule has 140 valence electrons. The summed E-state index contributed by atoms with van der Waals surface area (Å²) >= 11 is 0. The summed E-state index contributed by atoms with van der Waals surface area (Å²) in [6, 6.07) is 19.1. The van der Waals surface area contributed by atoms with Gasteiger partial charge in [-0.15, -0.1) is 0 Å². The largest absolute Gasteiger partial charge is 0.397 e. The molecule has 5 nitrogen and oxygen atoms in total. The number of para-hydroxylation sites is 2. The second-order valence-electron chi connectivity index (χ2n) is 6.09. The first kappa shape index (κ1) is 18.8. The van der Waals surface area contributed by atoms with Crippen molar-refractivity contribution < 1.29 is 14.0 Å². The third kappa shape index (κ3) is 4.42. The second kappa shape index (κ2) is 8.18. The van der Waals surface area contributed by atoms with Crippen molar-refractivity contribution in [2.75, 3.05) is 11.1 Å². The van der Waals surface area contributed by atoms with Crippen molar-refractivity contribution in [2.24, 2.45) is 5.73 Å². The molecule has 0 saturated heterocycles. The molecule has 3 aromatic carbocycles. The van der Waals surface area contributed by atoms with E-state index in [-0.39, 0.29) is 11.5 Å². The van der Waals surface area contributed by atoms with Crippen LogP contribution in [-0.4, -0.2) is 11.8 Å². The fourth-order valence-corrected chi connectivity index (χ4v) is 2.63. The lowest BCUT2D eigenvalue weighted by Gasteiger charge is -2.08. The lowest BCUT2D eigenvalue weighted by molar-refractivity contribution is -0.112. The molecule has 0 aliphatic rings. The van der Waals surface area contributed by atoms with Gasteiger partial charge in [-0.05, 0) is 53.6 Å². The zero-order chi connectivity index (χ0) is 20.1. The minimum Gasteiger partial charge on any atom is -0.397 e. The Kier molecular flexibility index (Phi) is 5.50. The van der Waals surface area contributed by atoms with Gasteiger partial charge < -0.3 is 16.8 Å². The molecule has 0 radical (unpaired) electrons. The van der Waals surface area contributed by atoms with Crippen molar-refractivity contribution in [2.45, 2.75) is 0 Å². The zero-order valence-corrected chi connectivity index (χ0v) is 14.9. The molecule has 28 heavy (non-hydrogen) atoms. The van der Waals surface area contributed by atoms with Crippen molar-refractivity contribution in [1.82, 2.24) is 0 Å². The molecule has 5 N–H and O–H groups in total. The molecule has 0 aliphatic carbocycles. The van der Waals surface area contributed by atoms with Gasteiger partial charge in [0.2, 0.25) is 5.91 Å². The van der Waals surface area contributed by atoms with Gasteiger partial charge in [0.15, 0.2) is 0 Å². The Bertz CT molecular complexity index is 1040. The summed E-state index contributed by atoms with van der Waals surface area (Å²) in [5.41, 5.74) is 14.2. The fourth-order valence-electron chi connectivity index (χ4n) is 2.63. The van der Waals surface area contributed by atoms with Gasteiger partial charge in [0.25, 0.3) is 5.91 Å². The van der Waals surface area contributed by atoms with Crippen LogP contribution in [0.15, 0.2) is 72.8 Å². The van der Waals surface area contributed by atoms with E-state index >= 15 is 0 Å².